The number of nitrogens with two attached hydrogens (primary N) is 2. The molecule has 0 saturated heterocycles. The lowest BCUT2D eigenvalue weighted by molar-refractivity contribution is 0.585. The molecular weight excluding hydrogens is 214 g/mol. The maximum absolute atomic E-state index is 13.1. The van der Waals surface area contributed by atoms with Crippen LogP contribution >= 0.6 is 11.6 Å². The normalized spacial score (nSPS) is 11.6. The Hall–Kier alpha value is -1.40. The van der Waals surface area contributed by atoms with Gasteiger partial charge in [0.05, 0.1) is 5.02 Å². The van der Waals surface area contributed by atoms with Gasteiger partial charge in [0.25, 0.3) is 0 Å². The van der Waals surface area contributed by atoms with Crippen LogP contribution in [-0.2, 0) is 0 Å². The third kappa shape index (κ3) is 2.30. The average Bonchev–Trinajstić information content (AvgIpc) is 2.10. The summed E-state index contributed by atoms with van der Waals surface area (Å²) in [5, 5.41) is -0.180. The van der Waals surface area contributed by atoms with Crippen LogP contribution in [0.5, 0.6) is 0 Å². The predicted octanol–water partition coefficient (Wildman–Crippen LogP) is 1.03. The minimum atomic E-state index is -0.909. The summed E-state index contributed by atoms with van der Waals surface area (Å²) in [5.74, 6) is 2.98. The molecule has 0 radical (unpaired) electrons. The molecule has 0 fully saturated rings. The highest BCUT2D eigenvalue weighted by molar-refractivity contribution is 6.33. The number of halogens is 3. The Labute approximate surface area is 83.5 Å². The van der Waals surface area contributed by atoms with E-state index in [1.807, 2.05) is 5.43 Å². The highest BCUT2D eigenvalue weighted by Gasteiger charge is 2.09. The van der Waals surface area contributed by atoms with E-state index in [4.69, 9.17) is 23.2 Å². The van der Waals surface area contributed by atoms with Crippen LogP contribution in [0, 0.1) is 11.6 Å². The minimum absolute atomic E-state index is 0.180. The molecule has 0 saturated carbocycles. The Balaban J connectivity index is 3.21. The number of aliphatic imine (C=N–C) groups is 1. The molecule has 0 aliphatic carbocycles. The molecule has 0 heterocycles. The molecular formula is C7H7ClF2N4. The molecule has 1 rings (SSSR count). The van der Waals surface area contributed by atoms with Crippen LogP contribution in [0.2, 0.25) is 5.02 Å². The summed E-state index contributed by atoms with van der Waals surface area (Å²) in [6.07, 6.45) is 0. The zero-order valence-corrected chi connectivity index (χ0v) is 7.65. The first kappa shape index (κ1) is 10.7. The molecule has 0 unspecified atom stereocenters. The standard InChI is InChI=1S/C7H7ClF2N4/c8-4-1-3(9)2-5(10)6(4)13-7(11)14-12/h1-2H,12H2,(H3,11,13,14). The zero-order chi connectivity index (χ0) is 10.7. The summed E-state index contributed by atoms with van der Waals surface area (Å²) in [6.45, 7) is 0. The molecule has 1 aromatic carbocycles. The number of nitrogens with one attached hydrogen (secondary N) is 1. The number of hydrazine groups is 1. The second kappa shape index (κ2) is 4.21. The van der Waals surface area contributed by atoms with Crippen LogP contribution in [0.4, 0.5) is 14.5 Å². The fourth-order valence-corrected chi connectivity index (χ4v) is 1.03. The van der Waals surface area contributed by atoms with Gasteiger partial charge in [-0.2, -0.15) is 0 Å². The van der Waals surface area contributed by atoms with Gasteiger partial charge in [-0.15, -0.1) is 0 Å². The number of guanidine groups is 1. The molecule has 5 N–H and O–H groups in total. The van der Waals surface area contributed by atoms with Gasteiger partial charge in [0.1, 0.15) is 11.5 Å². The van der Waals surface area contributed by atoms with Crippen molar-refractivity contribution >= 4 is 23.2 Å². The van der Waals surface area contributed by atoms with E-state index in [1.165, 1.54) is 0 Å². The second-order valence-electron chi connectivity index (χ2n) is 2.36. The number of hydrogen-bond donors (Lipinski definition) is 3. The smallest absolute Gasteiger partial charge is 0.208 e. The molecule has 4 nitrogen and oxygen atoms in total. The summed E-state index contributed by atoms with van der Waals surface area (Å²) < 4.78 is 25.6. The van der Waals surface area contributed by atoms with Gasteiger partial charge in [0.2, 0.25) is 5.96 Å². The van der Waals surface area contributed by atoms with Gasteiger partial charge in [0.15, 0.2) is 5.82 Å². The van der Waals surface area contributed by atoms with Crippen molar-refractivity contribution in [3.63, 3.8) is 0 Å². The number of nitrogens with zero attached hydrogens (tertiary/aromatic N) is 1. The van der Waals surface area contributed by atoms with E-state index in [0.29, 0.717) is 6.07 Å². The van der Waals surface area contributed by atoms with Crippen LogP contribution in [0.15, 0.2) is 17.1 Å². The van der Waals surface area contributed by atoms with Gasteiger partial charge < -0.3 is 5.73 Å². The van der Waals surface area contributed by atoms with Crippen LogP contribution < -0.4 is 17.0 Å². The molecule has 0 atom stereocenters. The van der Waals surface area contributed by atoms with Crippen molar-refractivity contribution < 1.29 is 8.78 Å². The van der Waals surface area contributed by atoms with E-state index >= 15 is 0 Å². The fraction of sp³-hybridized carbons (Fsp3) is 0. The van der Waals surface area contributed by atoms with Gasteiger partial charge in [-0.1, -0.05) is 11.6 Å². The first-order chi connectivity index (χ1) is 6.54. The SMILES string of the molecule is NNC(N)=Nc1c(F)cc(F)cc1Cl. The van der Waals surface area contributed by atoms with Crippen molar-refractivity contribution in [3.8, 4) is 0 Å². The summed E-state index contributed by atoms with van der Waals surface area (Å²) in [5.41, 5.74) is 6.91. The van der Waals surface area contributed by atoms with Crippen LogP contribution in [0.25, 0.3) is 0 Å². The molecule has 7 heteroatoms. The third-order valence-electron chi connectivity index (χ3n) is 1.36. The lowest BCUT2D eigenvalue weighted by atomic mass is 10.3. The molecule has 0 bridgehead atoms. The van der Waals surface area contributed by atoms with Crippen molar-refractivity contribution in [1.29, 1.82) is 0 Å². The highest BCUT2D eigenvalue weighted by Crippen LogP contribution is 2.28. The van der Waals surface area contributed by atoms with Crippen molar-refractivity contribution in [3.05, 3.63) is 28.8 Å². The molecule has 0 aliphatic heterocycles. The molecule has 14 heavy (non-hydrogen) atoms. The lowest BCUT2D eigenvalue weighted by Gasteiger charge is -2.02. The molecule has 1 aromatic rings. The molecule has 76 valence electrons. The van der Waals surface area contributed by atoms with E-state index in [-0.39, 0.29) is 16.7 Å². The van der Waals surface area contributed by atoms with Gasteiger partial charge in [0, 0.05) is 6.07 Å². The van der Waals surface area contributed by atoms with Gasteiger partial charge in [-0.3, -0.25) is 5.43 Å². The second-order valence-corrected chi connectivity index (χ2v) is 2.77. The molecule has 0 spiro atoms. The van der Waals surface area contributed by atoms with Gasteiger partial charge >= 0.3 is 0 Å². The van der Waals surface area contributed by atoms with Gasteiger partial charge in [-0.05, 0) is 6.07 Å². The number of benzene rings is 1. The maximum atomic E-state index is 13.1. The first-order valence-electron chi connectivity index (χ1n) is 3.50. The summed E-state index contributed by atoms with van der Waals surface area (Å²) in [4.78, 5) is 3.50. The Bertz CT molecular complexity index is 357. The lowest BCUT2D eigenvalue weighted by Crippen LogP contribution is -2.36. The summed E-state index contributed by atoms with van der Waals surface area (Å²) in [7, 11) is 0. The Morgan fingerprint density at radius 3 is 2.57 bits per heavy atom. The molecule has 0 aromatic heterocycles. The monoisotopic (exact) mass is 220 g/mol. The van der Waals surface area contributed by atoms with E-state index in [1.54, 1.807) is 0 Å². The summed E-state index contributed by atoms with van der Waals surface area (Å²) in [6, 6.07) is 1.57. The quantitative estimate of drug-likeness (QED) is 0.286. The van der Waals surface area contributed by atoms with E-state index in [2.05, 4.69) is 4.99 Å². The largest absolute Gasteiger partial charge is 0.369 e. The minimum Gasteiger partial charge on any atom is -0.369 e. The Morgan fingerprint density at radius 2 is 2.07 bits per heavy atom. The van der Waals surface area contributed by atoms with E-state index < -0.39 is 11.6 Å². The van der Waals surface area contributed by atoms with Crippen molar-refractivity contribution in [1.82, 2.24) is 5.43 Å². The van der Waals surface area contributed by atoms with Crippen molar-refractivity contribution in [2.24, 2.45) is 16.6 Å². The van der Waals surface area contributed by atoms with E-state index in [9.17, 15) is 8.78 Å². The van der Waals surface area contributed by atoms with Crippen LogP contribution in [-0.4, -0.2) is 5.96 Å². The average molecular weight is 221 g/mol. The number of hydrogen-bond acceptors (Lipinski definition) is 2. The van der Waals surface area contributed by atoms with Crippen LogP contribution in [0.1, 0.15) is 0 Å². The first-order valence-corrected chi connectivity index (χ1v) is 3.87. The van der Waals surface area contributed by atoms with Crippen LogP contribution in [0.3, 0.4) is 0 Å². The number of rotatable bonds is 1. The zero-order valence-electron chi connectivity index (χ0n) is 6.89. The molecule has 0 aliphatic rings. The summed E-state index contributed by atoms with van der Waals surface area (Å²) >= 11 is 5.52. The Morgan fingerprint density at radius 1 is 1.43 bits per heavy atom. The van der Waals surface area contributed by atoms with Gasteiger partial charge in [-0.25, -0.2) is 19.6 Å². The fourth-order valence-electron chi connectivity index (χ4n) is 0.794. The maximum Gasteiger partial charge on any atom is 0.208 e. The van der Waals surface area contributed by atoms with E-state index in [0.717, 1.165) is 6.07 Å². The highest BCUT2D eigenvalue weighted by atomic mass is 35.5. The van der Waals surface area contributed by atoms with Crippen molar-refractivity contribution in [2.75, 3.05) is 0 Å². The Kier molecular flexibility index (Phi) is 3.21. The predicted molar refractivity (Wildman–Crippen MR) is 50.0 cm³/mol. The van der Waals surface area contributed by atoms with Crippen molar-refractivity contribution in [2.45, 2.75) is 0 Å². The molecule has 0 amide bonds. The topological polar surface area (TPSA) is 76.4 Å². The third-order valence-corrected chi connectivity index (χ3v) is 1.65.